The fraction of sp³-hybridized carbons (Fsp3) is 0.227. The maximum absolute atomic E-state index is 12.9. The number of hydrogen-bond acceptors (Lipinski definition) is 7. The summed E-state index contributed by atoms with van der Waals surface area (Å²) in [5.41, 5.74) is 0.0701. The molecular formula is C22H17F3N6O2S. The van der Waals surface area contributed by atoms with Gasteiger partial charge in [0.2, 0.25) is 17.5 Å². The number of para-hydroxylation sites is 1. The first-order valence-corrected chi connectivity index (χ1v) is 11.3. The summed E-state index contributed by atoms with van der Waals surface area (Å²) in [4.78, 5) is 16.8. The van der Waals surface area contributed by atoms with E-state index in [2.05, 4.69) is 20.3 Å². The zero-order chi connectivity index (χ0) is 23.9. The lowest BCUT2D eigenvalue weighted by atomic mass is 10.1. The highest BCUT2D eigenvalue weighted by Crippen LogP contribution is 2.31. The van der Waals surface area contributed by atoms with E-state index < -0.39 is 11.7 Å². The molecule has 0 fully saturated rings. The van der Waals surface area contributed by atoms with E-state index >= 15 is 0 Å². The predicted octanol–water partition coefficient (Wildman–Crippen LogP) is 4.37. The van der Waals surface area contributed by atoms with Crippen LogP contribution in [-0.4, -0.2) is 35.1 Å². The van der Waals surface area contributed by atoms with E-state index in [-0.39, 0.29) is 16.9 Å². The number of nitrogens with zero attached hydrogens (tertiary/aromatic N) is 6. The van der Waals surface area contributed by atoms with E-state index in [0.29, 0.717) is 40.8 Å². The Hall–Kier alpha value is -3.67. The summed E-state index contributed by atoms with van der Waals surface area (Å²) in [7, 11) is 1.66. The van der Waals surface area contributed by atoms with E-state index in [1.165, 1.54) is 28.5 Å². The summed E-state index contributed by atoms with van der Waals surface area (Å²) < 4.78 is 47.4. The van der Waals surface area contributed by atoms with Crippen LogP contribution in [0.2, 0.25) is 0 Å². The largest absolute Gasteiger partial charge is 0.416 e. The number of thioether (sulfide) groups is 1. The van der Waals surface area contributed by atoms with Gasteiger partial charge in [0.05, 0.1) is 16.5 Å². The lowest BCUT2D eigenvalue weighted by Crippen LogP contribution is -2.20. The van der Waals surface area contributed by atoms with Crippen molar-refractivity contribution in [3.63, 3.8) is 0 Å². The van der Waals surface area contributed by atoms with Gasteiger partial charge < -0.3 is 4.52 Å². The summed E-state index contributed by atoms with van der Waals surface area (Å²) >= 11 is 1.47. The van der Waals surface area contributed by atoms with Crippen LogP contribution in [0.25, 0.3) is 28.1 Å². The van der Waals surface area contributed by atoms with Gasteiger partial charge in [-0.15, -0.1) is 10.2 Å². The van der Waals surface area contributed by atoms with Crippen molar-refractivity contribution in [1.82, 2.24) is 29.3 Å². The number of benzene rings is 2. The summed E-state index contributed by atoms with van der Waals surface area (Å²) in [6, 6.07) is 12.1. The van der Waals surface area contributed by atoms with Crippen molar-refractivity contribution in [2.45, 2.75) is 24.2 Å². The summed E-state index contributed by atoms with van der Waals surface area (Å²) in [5.74, 6) is 1.56. The fourth-order valence-corrected chi connectivity index (χ4v) is 4.48. The van der Waals surface area contributed by atoms with Gasteiger partial charge in [0.1, 0.15) is 0 Å². The zero-order valence-electron chi connectivity index (χ0n) is 17.8. The first-order chi connectivity index (χ1) is 16.3. The number of alkyl halides is 3. The minimum Gasteiger partial charge on any atom is -0.339 e. The van der Waals surface area contributed by atoms with Gasteiger partial charge in [-0.1, -0.05) is 41.2 Å². The van der Waals surface area contributed by atoms with Crippen LogP contribution in [0.3, 0.4) is 0 Å². The topological polar surface area (TPSA) is 91.1 Å². The highest BCUT2D eigenvalue weighted by atomic mass is 32.2. The molecule has 0 bridgehead atoms. The lowest BCUT2D eigenvalue weighted by molar-refractivity contribution is -0.137. The van der Waals surface area contributed by atoms with E-state index in [0.717, 1.165) is 17.6 Å². The molecule has 0 radical (unpaired) electrons. The monoisotopic (exact) mass is 486 g/mol. The Morgan fingerprint density at radius 2 is 1.91 bits per heavy atom. The number of fused-ring (bicyclic) bond motifs is 3. The fourth-order valence-electron chi connectivity index (χ4n) is 3.60. The number of halogens is 3. The standard InChI is InChI=1S/C22H17F3N6O2S/c1-30-19(32)15-8-2-3-9-16(15)31-20(30)27-28-21(31)34-11-5-10-17-26-18(29-33-17)13-6-4-7-14(12-13)22(23,24)25/h2-4,6-9,12H,5,10-11H2,1H3. The molecule has 0 N–H and O–H groups in total. The molecule has 0 saturated heterocycles. The average Bonchev–Trinajstić information content (AvgIpc) is 3.47. The Balaban J connectivity index is 1.28. The summed E-state index contributed by atoms with van der Waals surface area (Å²) in [6.07, 6.45) is -3.33. The van der Waals surface area contributed by atoms with Gasteiger partial charge in [-0.25, -0.2) is 0 Å². The van der Waals surface area contributed by atoms with Crippen LogP contribution in [0.4, 0.5) is 13.2 Å². The number of aryl methyl sites for hydroxylation is 2. The van der Waals surface area contributed by atoms with Crippen molar-refractivity contribution in [2.75, 3.05) is 5.75 Å². The maximum Gasteiger partial charge on any atom is 0.416 e. The van der Waals surface area contributed by atoms with Gasteiger partial charge in [0.15, 0.2) is 5.16 Å². The first kappa shape index (κ1) is 22.1. The van der Waals surface area contributed by atoms with Crippen LogP contribution in [0.15, 0.2) is 63.0 Å². The Bertz CT molecular complexity index is 1560. The van der Waals surface area contributed by atoms with Gasteiger partial charge in [-0.05, 0) is 30.7 Å². The van der Waals surface area contributed by atoms with Gasteiger partial charge >= 0.3 is 6.18 Å². The molecular weight excluding hydrogens is 469 g/mol. The number of aromatic nitrogens is 6. The summed E-state index contributed by atoms with van der Waals surface area (Å²) in [6.45, 7) is 0. The average molecular weight is 486 g/mol. The van der Waals surface area contributed by atoms with E-state index in [1.807, 2.05) is 22.6 Å². The highest BCUT2D eigenvalue weighted by Gasteiger charge is 2.30. The van der Waals surface area contributed by atoms with E-state index in [9.17, 15) is 18.0 Å². The molecule has 0 saturated carbocycles. The second-order valence-corrected chi connectivity index (χ2v) is 8.60. The molecule has 0 unspecified atom stereocenters. The smallest absolute Gasteiger partial charge is 0.339 e. The van der Waals surface area contributed by atoms with Crippen LogP contribution in [0.1, 0.15) is 17.9 Å². The van der Waals surface area contributed by atoms with Crippen molar-refractivity contribution in [3.05, 3.63) is 70.3 Å². The maximum atomic E-state index is 12.9. The number of rotatable bonds is 6. The third-order valence-electron chi connectivity index (χ3n) is 5.28. The second kappa shape index (κ2) is 8.60. The Morgan fingerprint density at radius 1 is 1.09 bits per heavy atom. The molecule has 34 heavy (non-hydrogen) atoms. The van der Waals surface area contributed by atoms with Crippen molar-refractivity contribution in [2.24, 2.45) is 7.05 Å². The van der Waals surface area contributed by atoms with Gasteiger partial charge in [0, 0.05) is 24.8 Å². The minimum atomic E-state index is -4.44. The predicted molar refractivity (Wildman–Crippen MR) is 120 cm³/mol. The Morgan fingerprint density at radius 3 is 2.74 bits per heavy atom. The molecule has 0 atom stereocenters. The molecule has 0 aliphatic heterocycles. The van der Waals surface area contributed by atoms with E-state index in [4.69, 9.17) is 4.52 Å². The molecule has 2 aromatic carbocycles. The molecule has 5 rings (SSSR count). The molecule has 3 heterocycles. The first-order valence-electron chi connectivity index (χ1n) is 10.3. The van der Waals surface area contributed by atoms with Gasteiger partial charge in [0.25, 0.3) is 5.56 Å². The molecule has 0 amide bonds. The quantitative estimate of drug-likeness (QED) is 0.260. The molecule has 0 aliphatic rings. The molecule has 0 spiro atoms. The zero-order valence-corrected chi connectivity index (χ0v) is 18.6. The van der Waals surface area contributed by atoms with Crippen LogP contribution >= 0.6 is 11.8 Å². The van der Waals surface area contributed by atoms with E-state index in [1.54, 1.807) is 13.1 Å². The molecule has 3 aromatic heterocycles. The molecule has 12 heteroatoms. The third-order valence-corrected chi connectivity index (χ3v) is 6.29. The number of hydrogen-bond donors (Lipinski definition) is 0. The van der Waals surface area contributed by atoms with Gasteiger partial charge in [-0.3, -0.25) is 13.8 Å². The van der Waals surface area contributed by atoms with Crippen LogP contribution in [-0.2, 0) is 19.6 Å². The van der Waals surface area contributed by atoms with Crippen molar-refractivity contribution in [1.29, 1.82) is 0 Å². The molecule has 0 aliphatic carbocycles. The Kier molecular flexibility index (Phi) is 5.60. The van der Waals surface area contributed by atoms with Crippen LogP contribution in [0.5, 0.6) is 0 Å². The van der Waals surface area contributed by atoms with Crippen molar-refractivity contribution < 1.29 is 17.7 Å². The summed E-state index contributed by atoms with van der Waals surface area (Å²) in [5, 5.41) is 13.4. The van der Waals surface area contributed by atoms with Gasteiger partial charge in [-0.2, -0.15) is 18.2 Å². The Labute approximate surface area is 194 Å². The van der Waals surface area contributed by atoms with Crippen molar-refractivity contribution in [3.8, 4) is 11.4 Å². The third kappa shape index (κ3) is 4.04. The highest BCUT2D eigenvalue weighted by molar-refractivity contribution is 7.99. The molecule has 174 valence electrons. The van der Waals surface area contributed by atoms with Crippen LogP contribution in [0, 0.1) is 0 Å². The lowest BCUT2D eigenvalue weighted by Gasteiger charge is -2.07. The normalized spacial score (nSPS) is 12.1. The second-order valence-electron chi connectivity index (χ2n) is 7.54. The molecule has 8 nitrogen and oxygen atoms in total. The molecule has 5 aromatic rings. The SMILES string of the molecule is Cn1c(=O)c2ccccc2n2c(SCCCc3nc(-c4cccc(C(F)(F)F)c4)no3)nnc12. The minimum absolute atomic E-state index is 0.115. The van der Waals surface area contributed by atoms with Crippen molar-refractivity contribution >= 4 is 28.4 Å². The van der Waals surface area contributed by atoms with Crippen LogP contribution < -0.4 is 5.56 Å².